The maximum absolute atomic E-state index is 14.1. The number of fused-ring (bicyclic) bond motifs is 1. The van der Waals surface area contributed by atoms with E-state index in [9.17, 15) is 22.4 Å². The summed E-state index contributed by atoms with van der Waals surface area (Å²) in [4.78, 5) is 28.1. The molecule has 2 amide bonds. The van der Waals surface area contributed by atoms with Crippen LogP contribution in [-0.2, 0) is 31.7 Å². The molecule has 180 valence electrons. The third-order valence-electron chi connectivity index (χ3n) is 5.85. The number of sulfone groups is 1. The largest absolute Gasteiger partial charge is 0.450 e. The van der Waals surface area contributed by atoms with Gasteiger partial charge < -0.3 is 19.1 Å². The van der Waals surface area contributed by atoms with E-state index < -0.39 is 27.5 Å². The number of hydrogen-bond acceptors (Lipinski definition) is 5. The molecular formula is C24H26FN3O5S. The Morgan fingerprint density at radius 3 is 2.32 bits per heavy atom. The van der Waals surface area contributed by atoms with Crippen LogP contribution in [0.5, 0.6) is 0 Å². The maximum atomic E-state index is 14.1. The summed E-state index contributed by atoms with van der Waals surface area (Å²) < 4.78 is 47.1. The molecule has 8 nitrogen and oxygen atoms in total. The standard InChI is InChI=1S/C24H26FN3O5S/c1-2-33-24(30)27-13-11-26(12-14-27)23(29)16-28-15-22(19-8-4-6-10-21(19)28)34(31,32)17-18-7-3-5-9-20(18)25/h3-10,15H,2,11-14,16-17H2,1H3. The van der Waals surface area contributed by atoms with Crippen LogP contribution in [0.4, 0.5) is 9.18 Å². The molecule has 10 heteroatoms. The summed E-state index contributed by atoms with van der Waals surface area (Å²) in [6, 6.07) is 12.7. The van der Waals surface area contributed by atoms with Gasteiger partial charge in [0.25, 0.3) is 0 Å². The molecule has 4 rings (SSSR count). The minimum Gasteiger partial charge on any atom is -0.450 e. The Morgan fingerprint density at radius 1 is 0.971 bits per heavy atom. The van der Waals surface area contributed by atoms with Gasteiger partial charge in [0, 0.05) is 48.8 Å². The van der Waals surface area contributed by atoms with Crippen molar-refractivity contribution in [2.45, 2.75) is 24.1 Å². The van der Waals surface area contributed by atoms with Crippen molar-refractivity contribution in [1.82, 2.24) is 14.4 Å². The van der Waals surface area contributed by atoms with Crippen LogP contribution in [0.2, 0.25) is 0 Å². The van der Waals surface area contributed by atoms with Crippen molar-refractivity contribution < 1.29 is 27.1 Å². The minimum atomic E-state index is -3.87. The van der Waals surface area contributed by atoms with E-state index in [1.165, 1.54) is 24.4 Å². The highest BCUT2D eigenvalue weighted by Crippen LogP contribution is 2.28. The second-order valence-corrected chi connectivity index (χ2v) is 10.0. The van der Waals surface area contributed by atoms with Crippen LogP contribution in [0.1, 0.15) is 12.5 Å². The normalized spacial score (nSPS) is 14.4. The second kappa shape index (κ2) is 9.84. The number of benzene rings is 2. The lowest BCUT2D eigenvalue weighted by molar-refractivity contribution is -0.133. The average molecular weight is 488 g/mol. The SMILES string of the molecule is CCOC(=O)N1CCN(C(=O)Cn2cc(S(=O)(=O)Cc3ccccc3F)c3ccccc32)CC1. The first-order valence-electron chi connectivity index (χ1n) is 11.0. The summed E-state index contributed by atoms with van der Waals surface area (Å²) in [5.41, 5.74) is 0.697. The third kappa shape index (κ3) is 4.91. The number of aromatic nitrogens is 1. The number of hydrogen-bond donors (Lipinski definition) is 0. The zero-order valence-electron chi connectivity index (χ0n) is 18.8. The Morgan fingerprint density at radius 2 is 1.62 bits per heavy atom. The topological polar surface area (TPSA) is 88.9 Å². The van der Waals surface area contributed by atoms with Gasteiger partial charge in [-0.15, -0.1) is 0 Å². The molecule has 0 bridgehead atoms. The van der Waals surface area contributed by atoms with Crippen LogP contribution >= 0.6 is 0 Å². The van der Waals surface area contributed by atoms with Gasteiger partial charge in [0.05, 0.1) is 17.3 Å². The van der Waals surface area contributed by atoms with Crippen molar-refractivity contribution in [2.24, 2.45) is 0 Å². The van der Waals surface area contributed by atoms with Gasteiger partial charge in [-0.1, -0.05) is 36.4 Å². The highest BCUT2D eigenvalue weighted by Gasteiger charge is 2.27. The van der Waals surface area contributed by atoms with Crippen molar-refractivity contribution in [1.29, 1.82) is 0 Å². The van der Waals surface area contributed by atoms with E-state index in [1.54, 1.807) is 51.6 Å². The highest BCUT2D eigenvalue weighted by atomic mass is 32.2. The smallest absolute Gasteiger partial charge is 0.409 e. The number of rotatable bonds is 6. The first-order valence-corrected chi connectivity index (χ1v) is 12.7. The number of halogens is 1. The van der Waals surface area contributed by atoms with E-state index in [2.05, 4.69) is 0 Å². The van der Waals surface area contributed by atoms with Crippen LogP contribution in [0.25, 0.3) is 10.9 Å². The van der Waals surface area contributed by atoms with Crippen molar-refractivity contribution >= 4 is 32.7 Å². The molecule has 2 aromatic carbocycles. The Bertz CT molecular complexity index is 1310. The number of carbonyl (C=O) groups is 2. The lowest BCUT2D eigenvalue weighted by Gasteiger charge is -2.34. The van der Waals surface area contributed by atoms with Gasteiger partial charge in [-0.2, -0.15) is 0 Å². The van der Waals surface area contributed by atoms with Gasteiger partial charge in [-0.3, -0.25) is 4.79 Å². The molecular weight excluding hydrogens is 461 g/mol. The molecule has 0 saturated carbocycles. The first-order chi connectivity index (χ1) is 16.3. The van der Waals surface area contributed by atoms with Gasteiger partial charge in [0.15, 0.2) is 9.84 Å². The fraction of sp³-hybridized carbons (Fsp3) is 0.333. The van der Waals surface area contributed by atoms with Crippen LogP contribution in [-0.4, -0.2) is 67.6 Å². The zero-order chi connectivity index (χ0) is 24.3. The van der Waals surface area contributed by atoms with Gasteiger partial charge in [0.1, 0.15) is 12.4 Å². The van der Waals surface area contributed by atoms with E-state index >= 15 is 0 Å². The maximum Gasteiger partial charge on any atom is 0.409 e. The second-order valence-electron chi connectivity index (χ2n) is 8.06. The van der Waals surface area contributed by atoms with Crippen LogP contribution < -0.4 is 0 Å². The van der Waals surface area contributed by atoms with Gasteiger partial charge in [0.2, 0.25) is 5.91 Å². The van der Waals surface area contributed by atoms with E-state index in [0.717, 1.165) is 0 Å². The predicted octanol–water partition coefficient (Wildman–Crippen LogP) is 3.06. The summed E-state index contributed by atoms with van der Waals surface area (Å²) in [6.45, 7) is 3.48. The molecule has 0 spiro atoms. The molecule has 0 N–H and O–H groups in total. The number of para-hydroxylation sites is 1. The quantitative estimate of drug-likeness (QED) is 0.533. The lowest BCUT2D eigenvalue weighted by Crippen LogP contribution is -2.51. The average Bonchev–Trinajstić information content (AvgIpc) is 3.20. The Kier molecular flexibility index (Phi) is 6.87. The number of amides is 2. The number of carbonyl (C=O) groups excluding carboxylic acids is 2. The van der Waals surface area contributed by atoms with E-state index in [1.807, 2.05) is 0 Å². The van der Waals surface area contributed by atoms with E-state index in [-0.39, 0.29) is 22.9 Å². The number of ether oxygens (including phenoxy) is 1. The monoisotopic (exact) mass is 487 g/mol. The van der Waals surface area contributed by atoms with E-state index in [0.29, 0.717) is 43.7 Å². The first kappa shape index (κ1) is 23.7. The summed E-state index contributed by atoms with van der Waals surface area (Å²) in [5, 5.41) is 0.485. The molecule has 0 atom stereocenters. The third-order valence-corrected chi connectivity index (χ3v) is 7.54. The van der Waals surface area contributed by atoms with Crippen molar-refractivity contribution in [3.63, 3.8) is 0 Å². The molecule has 1 aliphatic rings. The van der Waals surface area contributed by atoms with E-state index in [4.69, 9.17) is 4.74 Å². The molecule has 1 aliphatic heterocycles. The van der Waals surface area contributed by atoms with Crippen LogP contribution in [0.3, 0.4) is 0 Å². The number of nitrogens with zero attached hydrogens (tertiary/aromatic N) is 3. The minimum absolute atomic E-state index is 0.0465. The molecule has 0 radical (unpaired) electrons. The Hall–Kier alpha value is -3.40. The van der Waals surface area contributed by atoms with Crippen molar-refractivity contribution in [2.75, 3.05) is 32.8 Å². The number of piperazine rings is 1. The van der Waals surface area contributed by atoms with Gasteiger partial charge in [-0.25, -0.2) is 17.6 Å². The van der Waals surface area contributed by atoms with Gasteiger partial charge in [-0.05, 0) is 19.1 Å². The highest BCUT2D eigenvalue weighted by molar-refractivity contribution is 7.90. The Labute approximate surface area is 197 Å². The summed E-state index contributed by atoms with van der Waals surface area (Å²) in [6.07, 6.45) is 1.06. The van der Waals surface area contributed by atoms with Gasteiger partial charge >= 0.3 is 6.09 Å². The summed E-state index contributed by atoms with van der Waals surface area (Å²) >= 11 is 0. The molecule has 1 aromatic heterocycles. The molecule has 0 aliphatic carbocycles. The predicted molar refractivity (Wildman–Crippen MR) is 124 cm³/mol. The van der Waals surface area contributed by atoms with Crippen LogP contribution in [0, 0.1) is 5.82 Å². The zero-order valence-corrected chi connectivity index (χ0v) is 19.6. The van der Waals surface area contributed by atoms with Crippen molar-refractivity contribution in [3.8, 4) is 0 Å². The van der Waals surface area contributed by atoms with Crippen molar-refractivity contribution in [3.05, 3.63) is 66.1 Å². The van der Waals surface area contributed by atoms with Crippen LogP contribution in [0.15, 0.2) is 59.6 Å². The molecule has 1 fully saturated rings. The summed E-state index contributed by atoms with van der Waals surface area (Å²) in [7, 11) is -3.87. The molecule has 0 unspecified atom stereocenters. The molecule has 3 aromatic rings. The fourth-order valence-electron chi connectivity index (χ4n) is 4.09. The molecule has 2 heterocycles. The lowest BCUT2D eigenvalue weighted by atomic mass is 10.2. The fourth-order valence-corrected chi connectivity index (χ4v) is 5.68. The summed E-state index contributed by atoms with van der Waals surface area (Å²) in [5.74, 6) is -1.23. The molecule has 34 heavy (non-hydrogen) atoms. The molecule has 1 saturated heterocycles. The Balaban J connectivity index is 1.54.